The lowest BCUT2D eigenvalue weighted by atomic mass is 9.59. The highest BCUT2D eigenvalue weighted by atomic mass is 16.3. The van der Waals surface area contributed by atoms with Gasteiger partial charge in [0.1, 0.15) is 0 Å². The molecule has 2 nitrogen and oxygen atoms in total. The van der Waals surface area contributed by atoms with E-state index in [1.54, 1.807) is 6.92 Å². The number of hydrogen-bond donors (Lipinski definition) is 2. The first kappa shape index (κ1) is 13.1. The highest BCUT2D eigenvalue weighted by Crippen LogP contribution is 2.48. The van der Waals surface area contributed by atoms with Crippen LogP contribution in [0.3, 0.4) is 0 Å². The van der Waals surface area contributed by atoms with Gasteiger partial charge in [0.05, 0.1) is 12.2 Å². The Balaban J connectivity index is 2.26. The van der Waals surface area contributed by atoms with Crippen LogP contribution in [-0.2, 0) is 0 Å². The molecule has 0 saturated heterocycles. The third-order valence-corrected chi connectivity index (χ3v) is 5.09. The average molecular weight is 238 g/mol. The van der Waals surface area contributed by atoms with Crippen molar-refractivity contribution in [1.82, 2.24) is 0 Å². The minimum Gasteiger partial charge on any atom is -0.393 e. The molecule has 2 aliphatic carbocycles. The van der Waals surface area contributed by atoms with E-state index in [2.05, 4.69) is 19.9 Å². The highest BCUT2D eigenvalue weighted by molar-refractivity contribution is 5.12. The van der Waals surface area contributed by atoms with Crippen molar-refractivity contribution < 1.29 is 10.2 Å². The smallest absolute Gasteiger partial charge is 0.0883 e. The van der Waals surface area contributed by atoms with Crippen molar-refractivity contribution in [2.75, 3.05) is 6.61 Å². The Labute approximate surface area is 105 Å². The quantitative estimate of drug-likeness (QED) is 0.726. The summed E-state index contributed by atoms with van der Waals surface area (Å²) in [6.07, 6.45) is 7.07. The number of fused-ring (bicyclic) bond motifs is 1. The molecule has 0 spiro atoms. The highest BCUT2D eigenvalue weighted by Gasteiger charge is 2.45. The molecule has 2 aliphatic rings. The van der Waals surface area contributed by atoms with Gasteiger partial charge in [0.25, 0.3) is 0 Å². The van der Waals surface area contributed by atoms with E-state index in [9.17, 15) is 10.2 Å². The summed E-state index contributed by atoms with van der Waals surface area (Å²) in [4.78, 5) is 0. The fraction of sp³-hybridized carbons (Fsp3) is 0.867. The summed E-state index contributed by atoms with van der Waals surface area (Å²) in [6, 6.07) is 0. The molecule has 2 unspecified atom stereocenters. The lowest BCUT2D eigenvalue weighted by Gasteiger charge is -2.48. The van der Waals surface area contributed by atoms with Crippen molar-refractivity contribution in [3.63, 3.8) is 0 Å². The Hall–Kier alpha value is -0.340. The number of rotatable bonds is 2. The van der Waals surface area contributed by atoms with E-state index >= 15 is 0 Å². The predicted molar refractivity (Wildman–Crippen MR) is 69.6 cm³/mol. The van der Waals surface area contributed by atoms with Crippen LogP contribution in [0.1, 0.15) is 46.5 Å². The zero-order valence-corrected chi connectivity index (χ0v) is 11.3. The molecule has 0 amide bonds. The van der Waals surface area contributed by atoms with Crippen LogP contribution < -0.4 is 0 Å². The molecule has 0 aromatic rings. The Morgan fingerprint density at radius 3 is 2.71 bits per heavy atom. The molecule has 0 bridgehead atoms. The Morgan fingerprint density at radius 1 is 1.35 bits per heavy atom. The molecular weight excluding hydrogens is 212 g/mol. The number of aliphatic hydroxyl groups is 2. The van der Waals surface area contributed by atoms with Crippen LogP contribution in [0.5, 0.6) is 0 Å². The molecule has 2 rings (SSSR count). The fourth-order valence-corrected chi connectivity index (χ4v) is 3.89. The standard InChI is InChI=1S/C15H26O2/c1-10-4-6-12-11(2)5-7-14(13(12)8-10)15(3,17)9-16/h8,11-14,16-17H,4-7,9H2,1-3H3/t11-,12+,13+,14?,15?/m1/s1. The van der Waals surface area contributed by atoms with Crippen molar-refractivity contribution in [2.24, 2.45) is 23.7 Å². The van der Waals surface area contributed by atoms with Crippen molar-refractivity contribution in [2.45, 2.75) is 52.1 Å². The van der Waals surface area contributed by atoms with Crippen molar-refractivity contribution in [1.29, 1.82) is 0 Å². The molecule has 2 heteroatoms. The summed E-state index contributed by atoms with van der Waals surface area (Å²) in [5, 5.41) is 19.8. The maximum Gasteiger partial charge on any atom is 0.0883 e. The second-order valence-electron chi connectivity index (χ2n) is 6.47. The molecule has 1 saturated carbocycles. The first-order valence-corrected chi connectivity index (χ1v) is 6.96. The van der Waals surface area contributed by atoms with Gasteiger partial charge in [-0.25, -0.2) is 0 Å². The summed E-state index contributed by atoms with van der Waals surface area (Å²) in [5.41, 5.74) is 0.538. The lowest BCUT2D eigenvalue weighted by Crippen LogP contribution is -2.48. The molecule has 0 aromatic heterocycles. The molecule has 0 aromatic carbocycles. The van der Waals surface area contributed by atoms with Crippen LogP contribution in [0.25, 0.3) is 0 Å². The van der Waals surface area contributed by atoms with Crippen LogP contribution in [0.4, 0.5) is 0 Å². The second-order valence-corrected chi connectivity index (χ2v) is 6.47. The zero-order valence-electron chi connectivity index (χ0n) is 11.3. The first-order valence-electron chi connectivity index (χ1n) is 6.96. The lowest BCUT2D eigenvalue weighted by molar-refractivity contribution is -0.0896. The molecule has 1 fully saturated rings. The molecule has 5 atom stereocenters. The van der Waals surface area contributed by atoms with Crippen LogP contribution in [0.15, 0.2) is 11.6 Å². The van der Waals surface area contributed by atoms with Gasteiger partial charge in [0, 0.05) is 0 Å². The van der Waals surface area contributed by atoms with Crippen molar-refractivity contribution in [3.05, 3.63) is 11.6 Å². The summed E-state index contributed by atoms with van der Waals surface area (Å²) in [7, 11) is 0. The summed E-state index contributed by atoms with van der Waals surface area (Å²) < 4.78 is 0. The number of allylic oxidation sites excluding steroid dienone is 2. The summed E-state index contributed by atoms with van der Waals surface area (Å²) >= 11 is 0. The molecule has 0 aliphatic heterocycles. The molecule has 17 heavy (non-hydrogen) atoms. The Kier molecular flexibility index (Phi) is 3.65. The van der Waals surface area contributed by atoms with E-state index in [1.165, 1.54) is 24.8 Å². The van der Waals surface area contributed by atoms with E-state index in [0.717, 1.165) is 12.3 Å². The zero-order chi connectivity index (χ0) is 12.6. The van der Waals surface area contributed by atoms with Crippen molar-refractivity contribution in [3.8, 4) is 0 Å². The molecular formula is C15H26O2. The van der Waals surface area contributed by atoms with Gasteiger partial charge < -0.3 is 10.2 Å². The summed E-state index contributed by atoms with van der Waals surface area (Å²) in [5.74, 6) is 2.16. The van der Waals surface area contributed by atoms with Gasteiger partial charge in [-0.15, -0.1) is 0 Å². The van der Waals surface area contributed by atoms with Gasteiger partial charge in [-0.3, -0.25) is 0 Å². The van der Waals surface area contributed by atoms with Crippen molar-refractivity contribution >= 4 is 0 Å². The van der Waals surface area contributed by atoms with E-state index in [1.807, 2.05) is 0 Å². The van der Waals surface area contributed by atoms with Gasteiger partial charge >= 0.3 is 0 Å². The largest absolute Gasteiger partial charge is 0.393 e. The molecule has 0 radical (unpaired) electrons. The SMILES string of the molecule is CC1=C[C@@H]2C(C(C)(O)CO)CC[C@@H](C)[C@@H]2CC1. The summed E-state index contributed by atoms with van der Waals surface area (Å²) in [6.45, 7) is 6.21. The van der Waals surface area contributed by atoms with Crippen LogP contribution in [0, 0.1) is 23.7 Å². The molecule has 2 N–H and O–H groups in total. The van der Waals surface area contributed by atoms with Gasteiger partial charge in [0.15, 0.2) is 0 Å². The van der Waals surface area contributed by atoms with E-state index in [-0.39, 0.29) is 12.5 Å². The number of hydrogen-bond acceptors (Lipinski definition) is 2. The van der Waals surface area contributed by atoms with Gasteiger partial charge in [-0.1, -0.05) is 25.0 Å². The first-order chi connectivity index (χ1) is 7.95. The van der Waals surface area contributed by atoms with E-state index in [4.69, 9.17) is 0 Å². The maximum atomic E-state index is 10.4. The topological polar surface area (TPSA) is 40.5 Å². The average Bonchev–Trinajstić information content (AvgIpc) is 2.29. The fourth-order valence-electron chi connectivity index (χ4n) is 3.89. The number of aliphatic hydroxyl groups excluding tert-OH is 1. The normalized spacial score (nSPS) is 41.4. The minimum absolute atomic E-state index is 0.123. The monoisotopic (exact) mass is 238 g/mol. The van der Waals surface area contributed by atoms with Crippen LogP contribution in [0.2, 0.25) is 0 Å². The minimum atomic E-state index is -0.919. The molecule has 98 valence electrons. The van der Waals surface area contributed by atoms with E-state index in [0.29, 0.717) is 11.8 Å². The van der Waals surface area contributed by atoms with Gasteiger partial charge in [-0.05, 0) is 56.8 Å². The van der Waals surface area contributed by atoms with Gasteiger partial charge in [0.2, 0.25) is 0 Å². The Bertz CT molecular complexity index is 306. The van der Waals surface area contributed by atoms with Crippen LogP contribution >= 0.6 is 0 Å². The third-order valence-electron chi connectivity index (χ3n) is 5.09. The third kappa shape index (κ3) is 2.43. The van der Waals surface area contributed by atoms with Gasteiger partial charge in [-0.2, -0.15) is 0 Å². The second kappa shape index (κ2) is 4.74. The Morgan fingerprint density at radius 2 is 2.06 bits per heavy atom. The van der Waals surface area contributed by atoms with E-state index < -0.39 is 5.60 Å². The molecule has 0 heterocycles. The van der Waals surface area contributed by atoms with Crippen LogP contribution in [-0.4, -0.2) is 22.4 Å². The maximum absolute atomic E-state index is 10.4. The predicted octanol–water partition coefficient (Wildman–Crippen LogP) is 2.75.